The van der Waals surface area contributed by atoms with Crippen LogP contribution in [0.1, 0.15) is 16.6 Å². The van der Waals surface area contributed by atoms with Crippen molar-refractivity contribution in [2.24, 2.45) is 0 Å². The van der Waals surface area contributed by atoms with Crippen LogP contribution in [0.25, 0.3) is 22.0 Å². The molecule has 0 aliphatic rings. The molecule has 0 aliphatic carbocycles. The van der Waals surface area contributed by atoms with Crippen molar-refractivity contribution < 1.29 is 4.79 Å². The largest absolute Gasteiger partial charge is 0.327 e. The number of carbonyl (C=O) groups excluding carboxylic acids is 1. The Morgan fingerprint density at radius 2 is 1.74 bits per heavy atom. The zero-order valence-corrected chi connectivity index (χ0v) is 15.6. The number of pyridine rings is 1. The number of nitrogens with one attached hydrogen (secondary N) is 1. The molecule has 2 aromatic carbocycles. The van der Waals surface area contributed by atoms with Crippen LogP contribution < -0.4 is 10.7 Å². The van der Waals surface area contributed by atoms with E-state index in [-0.39, 0.29) is 11.3 Å². The first-order chi connectivity index (χ1) is 13.2. The highest BCUT2D eigenvalue weighted by Crippen LogP contribution is 2.29. The average Bonchev–Trinajstić information content (AvgIpc) is 3.24. The lowest BCUT2D eigenvalue weighted by molar-refractivity contribution is 0.102. The quantitative estimate of drug-likeness (QED) is 0.546. The van der Waals surface area contributed by atoms with Crippen LogP contribution in [0.3, 0.4) is 0 Å². The first-order valence-corrected chi connectivity index (χ1v) is 9.64. The molecule has 0 bridgehead atoms. The second-order valence-electron chi connectivity index (χ2n) is 6.11. The van der Waals surface area contributed by atoms with Crippen molar-refractivity contribution in [3.63, 3.8) is 0 Å². The zero-order chi connectivity index (χ0) is 18.8. The second-order valence-corrected chi connectivity index (χ2v) is 7.06. The van der Waals surface area contributed by atoms with Gasteiger partial charge in [0.25, 0.3) is 5.91 Å². The van der Waals surface area contributed by atoms with Gasteiger partial charge in [-0.1, -0.05) is 48.5 Å². The van der Waals surface area contributed by atoms with Crippen LogP contribution in [0, 0.1) is 0 Å². The number of amides is 1. The van der Waals surface area contributed by atoms with Crippen LogP contribution in [0.4, 0.5) is 5.82 Å². The van der Waals surface area contributed by atoms with Gasteiger partial charge < -0.3 is 9.88 Å². The van der Waals surface area contributed by atoms with Gasteiger partial charge in [-0.3, -0.25) is 9.59 Å². The maximum Gasteiger partial charge on any atom is 0.266 e. The number of hydrogen-bond donors (Lipinski definition) is 1. The van der Waals surface area contributed by atoms with E-state index in [1.807, 2.05) is 77.5 Å². The summed E-state index contributed by atoms with van der Waals surface area (Å²) in [5.74, 6) is 0.324. The van der Waals surface area contributed by atoms with Crippen LogP contribution in [-0.4, -0.2) is 10.5 Å². The Hall–Kier alpha value is -3.18. The molecule has 0 radical (unpaired) electrons. The van der Waals surface area contributed by atoms with E-state index in [9.17, 15) is 9.59 Å². The molecule has 0 fully saturated rings. The maximum atomic E-state index is 13.3. The van der Waals surface area contributed by atoms with Crippen molar-refractivity contribution >= 4 is 34.0 Å². The molecule has 0 saturated carbocycles. The third-order valence-corrected chi connectivity index (χ3v) is 5.40. The van der Waals surface area contributed by atoms with Crippen molar-refractivity contribution in [1.82, 2.24) is 4.57 Å². The lowest BCUT2D eigenvalue weighted by Crippen LogP contribution is -2.22. The molecule has 1 amide bonds. The van der Waals surface area contributed by atoms with E-state index < -0.39 is 0 Å². The average molecular weight is 374 g/mol. The van der Waals surface area contributed by atoms with Gasteiger partial charge in [-0.05, 0) is 36.1 Å². The van der Waals surface area contributed by atoms with Gasteiger partial charge in [0.2, 0.25) is 0 Å². The summed E-state index contributed by atoms with van der Waals surface area (Å²) < 4.78 is 1.99. The first-order valence-electron chi connectivity index (χ1n) is 8.76. The summed E-state index contributed by atoms with van der Waals surface area (Å²) in [5.41, 5.74) is 2.03. The summed E-state index contributed by atoms with van der Waals surface area (Å²) in [5, 5.41) is 5.51. The van der Waals surface area contributed by atoms with E-state index in [0.717, 1.165) is 11.1 Å². The fourth-order valence-corrected chi connectivity index (χ4v) is 3.93. The molecule has 0 unspecified atom stereocenters. The Morgan fingerprint density at radius 1 is 1.00 bits per heavy atom. The smallest absolute Gasteiger partial charge is 0.266 e. The molecule has 4 nitrogen and oxygen atoms in total. The molecule has 4 aromatic rings. The Labute approximate surface area is 160 Å². The van der Waals surface area contributed by atoms with Crippen LogP contribution in [0.15, 0.2) is 76.9 Å². The first kappa shape index (κ1) is 17.2. The van der Waals surface area contributed by atoms with E-state index in [2.05, 4.69) is 5.32 Å². The molecule has 2 aromatic heterocycles. The van der Waals surface area contributed by atoms with E-state index in [1.165, 1.54) is 11.3 Å². The summed E-state index contributed by atoms with van der Waals surface area (Å²) in [7, 11) is 0. The minimum Gasteiger partial charge on any atom is -0.327 e. The van der Waals surface area contributed by atoms with Crippen LogP contribution in [-0.2, 0) is 6.54 Å². The number of hydrogen-bond acceptors (Lipinski definition) is 3. The molecule has 134 valence electrons. The van der Waals surface area contributed by atoms with Gasteiger partial charge in [0, 0.05) is 11.9 Å². The number of fused-ring (bicyclic) bond motifs is 1. The van der Waals surface area contributed by atoms with Crippen molar-refractivity contribution in [3.05, 3.63) is 87.2 Å². The highest BCUT2D eigenvalue weighted by atomic mass is 32.1. The lowest BCUT2D eigenvalue weighted by atomic mass is 10.0. The molecule has 0 atom stereocenters. The Bertz CT molecular complexity index is 1160. The van der Waals surface area contributed by atoms with E-state index in [0.29, 0.717) is 28.2 Å². The summed E-state index contributed by atoms with van der Waals surface area (Å²) in [6.07, 6.45) is 0. The fraction of sp³-hybridized carbons (Fsp3) is 0.0909. The van der Waals surface area contributed by atoms with Crippen LogP contribution in [0.5, 0.6) is 0 Å². The standard InChI is InChI=1S/C22H18N2O2S/c1-2-24-17-12-7-6-11-16(17)20(25)19(15-9-4-3-5-10-15)21(24)23-22(26)18-13-8-14-27-18/h3-14H,2H2,1H3,(H,23,26). The predicted octanol–water partition coefficient (Wildman–Crippen LogP) is 5.00. The number of carbonyl (C=O) groups is 1. The van der Waals surface area contributed by atoms with Crippen molar-refractivity contribution in [1.29, 1.82) is 0 Å². The third kappa shape index (κ3) is 3.06. The van der Waals surface area contributed by atoms with Gasteiger partial charge in [0.15, 0.2) is 5.43 Å². The monoisotopic (exact) mass is 374 g/mol. The van der Waals surface area contributed by atoms with E-state index in [4.69, 9.17) is 0 Å². The maximum absolute atomic E-state index is 13.3. The number of para-hydroxylation sites is 1. The van der Waals surface area contributed by atoms with Gasteiger partial charge >= 0.3 is 0 Å². The normalized spacial score (nSPS) is 10.9. The minimum absolute atomic E-state index is 0.0806. The summed E-state index contributed by atoms with van der Waals surface area (Å²) in [4.78, 5) is 26.7. The number of aryl methyl sites for hydroxylation is 1. The third-order valence-electron chi connectivity index (χ3n) is 4.53. The lowest BCUT2D eigenvalue weighted by Gasteiger charge is -2.20. The fourth-order valence-electron chi connectivity index (χ4n) is 3.31. The molecule has 1 N–H and O–H groups in total. The molecule has 27 heavy (non-hydrogen) atoms. The van der Waals surface area contributed by atoms with Crippen LogP contribution >= 0.6 is 11.3 Å². The number of aromatic nitrogens is 1. The zero-order valence-electron chi connectivity index (χ0n) is 14.8. The van der Waals surface area contributed by atoms with Gasteiger partial charge in [0.05, 0.1) is 16.0 Å². The molecule has 2 heterocycles. The summed E-state index contributed by atoms with van der Waals surface area (Å²) in [6.45, 7) is 2.63. The Morgan fingerprint density at radius 3 is 2.44 bits per heavy atom. The number of rotatable bonds is 4. The molecule has 0 aliphatic heterocycles. The molecule has 0 spiro atoms. The number of anilines is 1. The van der Waals surface area contributed by atoms with E-state index in [1.54, 1.807) is 6.07 Å². The SMILES string of the molecule is CCn1c(NC(=O)c2cccs2)c(-c2ccccc2)c(=O)c2ccccc21. The van der Waals surface area contributed by atoms with Gasteiger partial charge in [0.1, 0.15) is 5.82 Å². The van der Waals surface area contributed by atoms with Crippen molar-refractivity contribution in [3.8, 4) is 11.1 Å². The molecule has 0 saturated heterocycles. The Kier molecular flexibility index (Phi) is 4.60. The van der Waals surface area contributed by atoms with E-state index >= 15 is 0 Å². The molecular formula is C22H18N2O2S. The number of benzene rings is 2. The molecule has 4 rings (SSSR count). The Balaban J connectivity index is 2.02. The predicted molar refractivity (Wildman–Crippen MR) is 112 cm³/mol. The summed E-state index contributed by atoms with van der Waals surface area (Å²) in [6, 6.07) is 20.6. The second kappa shape index (κ2) is 7.21. The van der Waals surface area contributed by atoms with Gasteiger partial charge in [-0.15, -0.1) is 11.3 Å². The number of nitrogens with zero attached hydrogens (tertiary/aromatic N) is 1. The van der Waals surface area contributed by atoms with Crippen molar-refractivity contribution in [2.75, 3.05) is 5.32 Å². The number of thiophene rings is 1. The molecule has 5 heteroatoms. The minimum atomic E-state index is -0.209. The van der Waals surface area contributed by atoms with Crippen molar-refractivity contribution in [2.45, 2.75) is 13.5 Å². The van der Waals surface area contributed by atoms with Gasteiger partial charge in [-0.2, -0.15) is 0 Å². The topological polar surface area (TPSA) is 51.1 Å². The highest BCUT2D eigenvalue weighted by molar-refractivity contribution is 7.12. The highest BCUT2D eigenvalue weighted by Gasteiger charge is 2.20. The van der Waals surface area contributed by atoms with Crippen LogP contribution in [0.2, 0.25) is 0 Å². The van der Waals surface area contributed by atoms with Gasteiger partial charge in [-0.25, -0.2) is 0 Å². The summed E-state index contributed by atoms with van der Waals surface area (Å²) >= 11 is 1.37. The molecular weight excluding hydrogens is 356 g/mol.